The Bertz CT molecular complexity index is 676. The monoisotopic (exact) mass is 280 g/mol. The molecule has 1 aliphatic carbocycles. The van der Waals surface area contributed by atoms with Gasteiger partial charge in [0.05, 0.1) is 23.9 Å². The van der Waals surface area contributed by atoms with Crippen LogP contribution in [0.4, 0.5) is 0 Å². The summed E-state index contributed by atoms with van der Waals surface area (Å²) in [5, 5.41) is 13.5. The van der Waals surface area contributed by atoms with Crippen LogP contribution in [0.5, 0.6) is 0 Å². The van der Waals surface area contributed by atoms with Crippen LogP contribution in [0.15, 0.2) is 24.3 Å². The predicted octanol–water partition coefficient (Wildman–Crippen LogP) is 2.63. The van der Waals surface area contributed by atoms with Crippen molar-refractivity contribution in [3.63, 3.8) is 0 Å². The highest BCUT2D eigenvalue weighted by atomic mass is 15.3. The lowest BCUT2D eigenvalue weighted by atomic mass is 9.85. The summed E-state index contributed by atoms with van der Waals surface area (Å²) < 4.78 is 2.06. The summed E-state index contributed by atoms with van der Waals surface area (Å²) in [5.41, 5.74) is 11.8. The van der Waals surface area contributed by atoms with Crippen molar-refractivity contribution in [2.45, 2.75) is 38.5 Å². The third kappa shape index (κ3) is 2.45. The van der Waals surface area contributed by atoms with Gasteiger partial charge in [0.15, 0.2) is 0 Å². The van der Waals surface area contributed by atoms with Crippen LogP contribution in [-0.2, 0) is 12.8 Å². The molecule has 1 heterocycles. The number of fused-ring (bicyclic) bond motifs is 1. The van der Waals surface area contributed by atoms with E-state index in [0.29, 0.717) is 18.9 Å². The van der Waals surface area contributed by atoms with E-state index in [1.165, 1.54) is 17.7 Å². The fourth-order valence-corrected chi connectivity index (χ4v) is 3.31. The van der Waals surface area contributed by atoms with E-state index in [9.17, 15) is 0 Å². The molecule has 1 aromatic carbocycles. The molecule has 3 rings (SSSR count). The molecule has 0 bridgehead atoms. The van der Waals surface area contributed by atoms with Crippen molar-refractivity contribution < 1.29 is 0 Å². The highest BCUT2D eigenvalue weighted by Gasteiger charge is 2.26. The number of nitrogens with two attached hydrogens (primary N) is 1. The summed E-state index contributed by atoms with van der Waals surface area (Å²) in [5.74, 6) is 0.445. The van der Waals surface area contributed by atoms with Gasteiger partial charge in [-0.05, 0) is 56.3 Å². The lowest BCUT2D eigenvalue weighted by Gasteiger charge is -2.22. The van der Waals surface area contributed by atoms with Crippen molar-refractivity contribution in [2.24, 2.45) is 5.73 Å². The van der Waals surface area contributed by atoms with E-state index in [1.807, 2.05) is 24.3 Å². The number of hydrogen-bond donors (Lipinski definition) is 1. The van der Waals surface area contributed by atoms with E-state index < -0.39 is 0 Å². The van der Waals surface area contributed by atoms with Gasteiger partial charge in [0.1, 0.15) is 0 Å². The molecule has 1 aliphatic rings. The third-order valence-electron chi connectivity index (χ3n) is 4.33. The van der Waals surface area contributed by atoms with E-state index in [2.05, 4.69) is 17.7 Å². The van der Waals surface area contributed by atoms with Crippen molar-refractivity contribution in [3.8, 4) is 11.8 Å². The Hall–Kier alpha value is -2.12. The first-order chi connectivity index (χ1) is 10.2. The number of aromatic nitrogens is 2. The second-order valence-corrected chi connectivity index (χ2v) is 5.68. The standard InChI is InChI=1S/C17H20N4/c1-12-17-14(11-19)3-2-4-16(17)21(20-12)15-7-5-13(6-8-15)9-10-18/h5-8,14H,2-4,9,11,19H2,1H3. The molecule has 2 N–H and O–H groups in total. The molecule has 4 nitrogen and oxygen atoms in total. The maximum Gasteiger partial charge on any atom is 0.0669 e. The van der Waals surface area contributed by atoms with Gasteiger partial charge in [-0.1, -0.05) is 12.1 Å². The van der Waals surface area contributed by atoms with Crippen LogP contribution in [0.3, 0.4) is 0 Å². The van der Waals surface area contributed by atoms with Gasteiger partial charge in [-0.25, -0.2) is 4.68 Å². The van der Waals surface area contributed by atoms with E-state index in [1.54, 1.807) is 0 Å². The summed E-state index contributed by atoms with van der Waals surface area (Å²) in [7, 11) is 0. The Kier molecular flexibility index (Phi) is 3.76. The Morgan fingerprint density at radius 3 is 2.81 bits per heavy atom. The van der Waals surface area contributed by atoms with Crippen LogP contribution in [0, 0.1) is 18.3 Å². The number of aryl methyl sites for hydroxylation is 1. The van der Waals surface area contributed by atoms with E-state index in [0.717, 1.165) is 29.8 Å². The molecular formula is C17H20N4. The fraction of sp³-hybridized carbons (Fsp3) is 0.412. The number of rotatable bonds is 3. The summed E-state index contributed by atoms with van der Waals surface area (Å²) >= 11 is 0. The number of nitrogens with zero attached hydrogens (tertiary/aromatic N) is 3. The summed E-state index contributed by atoms with van der Waals surface area (Å²) in [6.07, 6.45) is 3.85. The minimum Gasteiger partial charge on any atom is -0.330 e. The van der Waals surface area contributed by atoms with Crippen LogP contribution in [0.2, 0.25) is 0 Å². The lowest BCUT2D eigenvalue weighted by Crippen LogP contribution is -2.19. The fourth-order valence-electron chi connectivity index (χ4n) is 3.31. The van der Waals surface area contributed by atoms with Crippen molar-refractivity contribution in [2.75, 3.05) is 6.54 Å². The van der Waals surface area contributed by atoms with Gasteiger partial charge < -0.3 is 5.73 Å². The molecular weight excluding hydrogens is 260 g/mol. The van der Waals surface area contributed by atoms with Gasteiger partial charge in [-0.15, -0.1) is 0 Å². The molecule has 1 unspecified atom stereocenters. The summed E-state index contributed by atoms with van der Waals surface area (Å²) in [6, 6.07) is 10.3. The first kappa shape index (κ1) is 13.8. The molecule has 21 heavy (non-hydrogen) atoms. The minimum atomic E-state index is 0.445. The molecule has 108 valence electrons. The summed E-state index contributed by atoms with van der Waals surface area (Å²) in [4.78, 5) is 0. The van der Waals surface area contributed by atoms with Crippen molar-refractivity contribution in [1.82, 2.24) is 9.78 Å². The quantitative estimate of drug-likeness (QED) is 0.939. The second kappa shape index (κ2) is 5.71. The summed E-state index contributed by atoms with van der Waals surface area (Å²) in [6.45, 7) is 2.77. The first-order valence-electron chi connectivity index (χ1n) is 7.49. The molecule has 4 heteroatoms. The smallest absolute Gasteiger partial charge is 0.0669 e. The maximum atomic E-state index is 8.74. The topological polar surface area (TPSA) is 67.6 Å². The van der Waals surface area contributed by atoms with Gasteiger partial charge in [-0.3, -0.25) is 0 Å². The van der Waals surface area contributed by atoms with Gasteiger partial charge >= 0.3 is 0 Å². The van der Waals surface area contributed by atoms with Crippen LogP contribution in [0.25, 0.3) is 5.69 Å². The molecule has 0 saturated heterocycles. The number of benzene rings is 1. The van der Waals surface area contributed by atoms with Crippen LogP contribution >= 0.6 is 0 Å². The third-order valence-corrected chi connectivity index (χ3v) is 4.33. The second-order valence-electron chi connectivity index (χ2n) is 5.68. The Morgan fingerprint density at radius 1 is 1.38 bits per heavy atom. The van der Waals surface area contributed by atoms with Gasteiger partial charge in [0.2, 0.25) is 0 Å². The van der Waals surface area contributed by atoms with E-state index in [-0.39, 0.29) is 0 Å². The SMILES string of the molecule is Cc1nn(-c2ccc(CC#N)cc2)c2c1C(CN)CCC2. The van der Waals surface area contributed by atoms with Gasteiger partial charge in [0, 0.05) is 11.3 Å². The van der Waals surface area contributed by atoms with Crippen LogP contribution in [0.1, 0.15) is 41.3 Å². The molecule has 0 radical (unpaired) electrons. The Morgan fingerprint density at radius 2 is 2.14 bits per heavy atom. The van der Waals surface area contributed by atoms with E-state index >= 15 is 0 Å². The molecule has 1 aromatic heterocycles. The average Bonchev–Trinajstić information content (AvgIpc) is 2.86. The molecule has 2 aromatic rings. The van der Waals surface area contributed by atoms with Crippen molar-refractivity contribution in [3.05, 3.63) is 46.8 Å². The maximum absolute atomic E-state index is 8.74. The van der Waals surface area contributed by atoms with Crippen molar-refractivity contribution >= 4 is 0 Å². The predicted molar refractivity (Wildman–Crippen MR) is 82.4 cm³/mol. The lowest BCUT2D eigenvalue weighted by molar-refractivity contribution is 0.548. The van der Waals surface area contributed by atoms with Crippen molar-refractivity contribution in [1.29, 1.82) is 5.26 Å². The molecule has 0 spiro atoms. The van der Waals surface area contributed by atoms with Gasteiger partial charge in [-0.2, -0.15) is 10.4 Å². The van der Waals surface area contributed by atoms with Crippen LogP contribution < -0.4 is 5.73 Å². The zero-order chi connectivity index (χ0) is 14.8. The molecule has 0 fully saturated rings. The minimum absolute atomic E-state index is 0.445. The van der Waals surface area contributed by atoms with Crippen LogP contribution in [-0.4, -0.2) is 16.3 Å². The highest BCUT2D eigenvalue weighted by molar-refractivity contribution is 5.42. The zero-order valence-corrected chi connectivity index (χ0v) is 12.3. The highest BCUT2D eigenvalue weighted by Crippen LogP contribution is 2.34. The Labute approximate surface area is 125 Å². The largest absolute Gasteiger partial charge is 0.330 e. The van der Waals surface area contributed by atoms with E-state index in [4.69, 9.17) is 16.1 Å². The zero-order valence-electron chi connectivity index (χ0n) is 12.3. The molecule has 0 aliphatic heterocycles. The number of hydrogen-bond acceptors (Lipinski definition) is 3. The molecule has 1 atom stereocenters. The molecule has 0 amide bonds. The first-order valence-corrected chi connectivity index (χ1v) is 7.49. The van der Waals surface area contributed by atoms with Gasteiger partial charge in [0.25, 0.3) is 0 Å². The number of nitriles is 1. The average molecular weight is 280 g/mol. The Balaban J connectivity index is 2.02. The molecule has 0 saturated carbocycles. The normalized spacial score (nSPS) is 17.3.